The molecule has 0 fully saturated rings. The van der Waals surface area contributed by atoms with Crippen molar-refractivity contribution in [1.29, 1.82) is 0 Å². The molecule has 39 heavy (non-hydrogen) atoms. The van der Waals surface area contributed by atoms with Crippen molar-refractivity contribution in [2.45, 2.75) is 18.7 Å². The fourth-order valence-corrected chi connectivity index (χ4v) is 6.64. The first-order valence-electron chi connectivity index (χ1n) is 11.3. The second-order valence-corrected chi connectivity index (χ2v) is 11.8. The maximum Gasteiger partial charge on any atom is 0.356 e. The number of ether oxygens (including phenoxy) is 1. The van der Waals surface area contributed by atoms with E-state index in [0.29, 0.717) is 0 Å². The van der Waals surface area contributed by atoms with Gasteiger partial charge in [-0.15, -0.1) is 0 Å². The van der Waals surface area contributed by atoms with Crippen LogP contribution in [0.2, 0.25) is 20.1 Å². The molecule has 0 saturated heterocycles. The van der Waals surface area contributed by atoms with Crippen LogP contribution in [0.5, 0.6) is 0 Å². The lowest BCUT2D eigenvalue weighted by Crippen LogP contribution is -2.20. The van der Waals surface area contributed by atoms with Crippen LogP contribution in [0.25, 0.3) is 22.6 Å². The molecule has 3 aromatic carbocycles. The van der Waals surface area contributed by atoms with Crippen LogP contribution in [0, 0.1) is 6.92 Å². The van der Waals surface area contributed by atoms with E-state index in [0.717, 1.165) is 15.6 Å². The normalized spacial score (nSPS) is 12.1. The van der Waals surface area contributed by atoms with E-state index < -0.39 is 27.7 Å². The van der Waals surface area contributed by atoms with Crippen molar-refractivity contribution in [1.82, 2.24) is 3.97 Å². The Hall–Kier alpha value is -3.01. The number of aryl methyl sites for hydroxylation is 1. The first-order valence-corrected chi connectivity index (χ1v) is 14.2. The molecule has 0 bridgehead atoms. The molecule has 0 amide bonds. The number of rotatable bonds is 7. The average molecular weight is 627 g/mol. The van der Waals surface area contributed by atoms with Crippen LogP contribution in [-0.2, 0) is 19.6 Å². The van der Waals surface area contributed by atoms with E-state index in [9.17, 15) is 23.1 Å². The minimum Gasteiger partial charge on any atom is -0.478 e. The summed E-state index contributed by atoms with van der Waals surface area (Å²) in [7, 11) is -4.45. The van der Waals surface area contributed by atoms with Crippen molar-refractivity contribution in [3.63, 3.8) is 0 Å². The number of carboxylic acids is 1. The first-order chi connectivity index (χ1) is 18.4. The van der Waals surface area contributed by atoms with Gasteiger partial charge in [-0.2, -0.15) is 0 Å². The summed E-state index contributed by atoms with van der Waals surface area (Å²) in [5.41, 5.74) is -0.0627. The number of benzene rings is 3. The van der Waals surface area contributed by atoms with E-state index in [1.54, 1.807) is 26.0 Å². The van der Waals surface area contributed by atoms with E-state index in [1.165, 1.54) is 42.5 Å². The number of nitrogens with zero attached hydrogens (tertiary/aromatic N) is 1. The molecule has 0 atom stereocenters. The van der Waals surface area contributed by atoms with Gasteiger partial charge >= 0.3 is 11.9 Å². The van der Waals surface area contributed by atoms with E-state index >= 15 is 0 Å². The summed E-state index contributed by atoms with van der Waals surface area (Å²) in [6, 6.07) is 12.9. The first kappa shape index (κ1) is 29.0. The molecule has 0 saturated carbocycles. The Bertz CT molecular complexity index is 1780. The lowest BCUT2D eigenvalue weighted by atomic mass is 10.0. The Morgan fingerprint density at radius 2 is 1.59 bits per heavy atom. The molecule has 1 aromatic heterocycles. The van der Waals surface area contributed by atoms with Gasteiger partial charge in [0.2, 0.25) is 0 Å². The van der Waals surface area contributed by atoms with Crippen LogP contribution in [0.4, 0.5) is 0 Å². The van der Waals surface area contributed by atoms with Crippen molar-refractivity contribution in [3.05, 3.63) is 97.1 Å². The summed E-state index contributed by atoms with van der Waals surface area (Å²) >= 11 is 25.1. The van der Waals surface area contributed by atoms with E-state index in [1.807, 2.05) is 0 Å². The summed E-state index contributed by atoms with van der Waals surface area (Å²) in [4.78, 5) is 25.7. The van der Waals surface area contributed by atoms with Crippen molar-refractivity contribution in [2.24, 2.45) is 0 Å². The van der Waals surface area contributed by atoms with Gasteiger partial charge in [-0.3, -0.25) is 0 Å². The molecule has 0 aliphatic rings. The standard InChI is InChI=1S/C27H19Cl4NO6S/c1-3-38-27(35)25-20(13-19(26(33)34)18-9-6-15(28)10-21(18)30)24-22(31)11-16(29)12-23(24)32(25)39(36,37)17-7-4-14(2)5-8-17/h4-13H,3H2,1-2H3,(H,33,34). The van der Waals surface area contributed by atoms with E-state index in [2.05, 4.69) is 0 Å². The van der Waals surface area contributed by atoms with Crippen LogP contribution < -0.4 is 0 Å². The molecule has 7 nitrogen and oxygen atoms in total. The van der Waals surface area contributed by atoms with E-state index in [4.69, 9.17) is 51.1 Å². The quantitative estimate of drug-likeness (QED) is 0.167. The van der Waals surface area contributed by atoms with Gasteiger partial charge in [0, 0.05) is 26.6 Å². The summed E-state index contributed by atoms with van der Waals surface area (Å²) in [6.45, 7) is 3.26. The van der Waals surface area contributed by atoms with Gasteiger partial charge in [0.25, 0.3) is 10.0 Å². The van der Waals surface area contributed by atoms with Crippen molar-refractivity contribution < 1.29 is 27.9 Å². The highest BCUT2D eigenvalue weighted by Crippen LogP contribution is 2.40. The largest absolute Gasteiger partial charge is 0.478 e. The third-order valence-electron chi connectivity index (χ3n) is 5.75. The van der Waals surface area contributed by atoms with Crippen LogP contribution >= 0.6 is 46.4 Å². The topological polar surface area (TPSA) is 103 Å². The van der Waals surface area contributed by atoms with Crippen LogP contribution in [0.1, 0.15) is 34.1 Å². The van der Waals surface area contributed by atoms with Gasteiger partial charge in [0.15, 0.2) is 5.69 Å². The Morgan fingerprint density at radius 1 is 0.949 bits per heavy atom. The predicted octanol–water partition coefficient (Wildman–Crippen LogP) is 7.60. The third-order valence-corrected chi connectivity index (χ3v) is 8.54. The zero-order valence-electron chi connectivity index (χ0n) is 20.3. The summed E-state index contributed by atoms with van der Waals surface area (Å²) in [5.74, 6) is -2.42. The van der Waals surface area contributed by atoms with E-state index in [-0.39, 0.29) is 59.2 Å². The highest BCUT2D eigenvalue weighted by molar-refractivity contribution is 7.90. The monoisotopic (exact) mass is 625 g/mol. The van der Waals surface area contributed by atoms with Crippen molar-refractivity contribution in [3.8, 4) is 0 Å². The number of hydrogen-bond donors (Lipinski definition) is 1. The minimum atomic E-state index is -4.45. The number of halogens is 4. The Balaban J connectivity index is 2.20. The highest BCUT2D eigenvalue weighted by atomic mass is 35.5. The lowest BCUT2D eigenvalue weighted by Gasteiger charge is -2.13. The SMILES string of the molecule is CCOC(=O)c1c(C=C(C(=O)O)c2ccc(Cl)cc2Cl)c2c(Cl)cc(Cl)cc2n1S(=O)(=O)c1ccc(C)cc1. The fraction of sp³-hybridized carbons (Fsp3) is 0.111. The molecule has 0 aliphatic carbocycles. The molecule has 0 unspecified atom stereocenters. The third kappa shape index (κ3) is 5.53. The zero-order valence-corrected chi connectivity index (χ0v) is 24.2. The second kappa shape index (κ2) is 11.2. The molecule has 0 aliphatic heterocycles. The molecule has 0 radical (unpaired) electrons. The fourth-order valence-electron chi connectivity index (χ4n) is 4.04. The number of carbonyl (C=O) groups excluding carboxylic acids is 1. The van der Waals surface area contributed by atoms with Gasteiger partial charge in [0.05, 0.1) is 32.6 Å². The minimum absolute atomic E-state index is 0.0147. The van der Waals surface area contributed by atoms with Crippen molar-refractivity contribution in [2.75, 3.05) is 6.61 Å². The average Bonchev–Trinajstić information content (AvgIpc) is 3.18. The van der Waals surface area contributed by atoms with Gasteiger partial charge < -0.3 is 9.84 Å². The molecule has 1 N–H and O–H groups in total. The number of fused-ring (bicyclic) bond motifs is 1. The molecule has 12 heteroatoms. The molecule has 0 spiro atoms. The maximum absolute atomic E-state index is 14.0. The molecule has 4 rings (SSSR count). The van der Waals surface area contributed by atoms with Crippen LogP contribution in [0.15, 0.2) is 59.5 Å². The summed E-state index contributed by atoms with van der Waals surface area (Å²) in [6.07, 6.45) is 1.13. The second-order valence-electron chi connectivity index (χ2n) is 8.33. The zero-order chi connectivity index (χ0) is 28.6. The number of aromatic nitrogens is 1. The van der Waals surface area contributed by atoms with Gasteiger partial charge in [0.1, 0.15) is 0 Å². The molecular weight excluding hydrogens is 608 g/mol. The lowest BCUT2D eigenvalue weighted by molar-refractivity contribution is -0.130. The maximum atomic E-state index is 14.0. The van der Waals surface area contributed by atoms with Crippen LogP contribution in [0.3, 0.4) is 0 Å². The molecule has 1 heterocycles. The molecular formula is C27H19Cl4NO6S. The number of carboxylic acid groups (broad SMARTS) is 1. The smallest absolute Gasteiger partial charge is 0.356 e. The Kier molecular flexibility index (Phi) is 8.35. The molecule has 202 valence electrons. The Labute approximate surface area is 244 Å². The van der Waals surface area contributed by atoms with Gasteiger partial charge in [-0.05, 0) is 56.3 Å². The van der Waals surface area contributed by atoms with Gasteiger partial charge in [-0.1, -0.05) is 70.2 Å². The summed E-state index contributed by atoms with van der Waals surface area (Å²) in [5, 5.41) is 10.6. The summed E-state index contributed by atoms with van der Waals surface area (Å²) < 4.78 is 34.0. The molecule has 4 aromatic rings. The Morgan fingerprint density at radius 3 is 2.18 bits per heavy atom. The number of esters is 1. The van der Waals surface area contributed by atoms with Gasteiger partial charge in [-0.25, -0.2) is 22.0 Å². The number of carbonyl (C=O) groups is 2. The van der Waals surface area contributed by atoms with Crippen molar-refractivity contribution >= 4 is 90.9 Å². The highest BCUT2D eigenvalue weighted by Gasteiger charge is 2.33. The van der Waals surface area contributed by atoms with Crippen LogP contribution in [-0.4, -0.2) is 36.0 Å². The number of aliphatic carboxylic acids is 1. The number of hydrogen-bond acceptors (Lipinski definition) is 5. The predicted molar refractivity (Wildman–Crippen MR) is 154 cm³/mol.